The predicted molar refractivity (Wildman–Crippen MR) is 122 cm³/mol. The lowest BCUT2D eigenvalue weighted by molar-refractivity contribution is 0.104. The van der Waals surface area contributed by atoms with Crippen molar-refractivity contribution in [2.24, 2.45) is 16.3 Å². The number of nitrogens with zero attached hydrogens (tertiary/aromatic N) is 1. The largest absolute Gasteiger partial charge is 0.453 e. The first-order valence-electron chi connectivity index (χ1n) is 9.35. The minimum Gasteiger partial charge on any atom is -0.453 e. The maximum absolute atomic E-state index is 11.2. The van der Waals surface area contributed by atoms with Gasteiger partial charge in [0.25, 0.3) is 0 Å². The predicted octanol–water partition coefficient (Wildman–Crippen LogP) is 4.36. The fourth-order valence-electron chi connectivity index (χ4n) is 3.55. The highest BCUT2D eigenvalue weighted by Gasteiger charge is 2.37. The molecule has 0 aromatic heterocycles. The SMILES string of the molecule is CN=C(NCc1ccc(NC(=O)OC)cc1)NCC1(CC(C)C)CCC1.I. The van der Waals surface area contributed by atoms with Gasteiger partial charge in [0.15, 0.2) is 5.96 Å². The summed E-state index contributed by atoms with van der Waals surface area (Å²) in [4.78, 5) is 15.5. The van der Waals surface area contributed by atoms with Crippen LogP contribution in [0.4, 0.5) is 10.5 Å². The molecule has 0 atom stereocenters. The fourth-order valence-corrected chi connectivity index (χ4v) is 3.55. The summed E-state index contributed by atoms with van der Waals surface area (Å²) in [7, 11) is 3.15. The van der Waals surface area contributed by atoms with Crippen LogP contribution in [0.1, 0.15) is 45.1 Å². The Labute approximate surface area is 179 Å². The zero-order valence-electron chi connectivity index (χ0n) is 16.8. The summed E-state index contributed by atoms with van der Waals surface area (Å²) in [6, 6.07) is 7.65. The van der Waals surface area contributed by atoms with E-state index in [2.05, 4.69) is 39.5 Å². The van der Waals surface area contributed by atoms with Crippen molar-refractivity contribution < 1.29 is 9.53 Å². The highest BCUT2D eigenvalue weighted by atomic mass is 127. The summed E-state index contributed by atoms with van der Waals surface area (Å²) >= 11 is 0. The first-order chi connectivity index (χ1) is 12.5. The topological polar surface area (TPSA) is 74.8 Å². The lowest BCUT2D eigenvalue weighted by Crippen LogP contribution is -2.46. The highest BCUT2D eigenvalue weighted by molar-refractivity contribution is 14.0. The number of amides is 1. The van der Waals surface area contributed by atoms with E-state index < -0.39 is 6.09 Å². The molecule has 2 rings (SSSR count). The molecular weight excluding hydrogens is 455 g/mol. The molecule has 0 aliphatic heterocycles. The van der Waals surface area contributed by atoms with Crippen LogP contribution in [0.15, 0.2) is 29.3 Å². The van der Waals surface area contributed by atoms with Crippen molar-refractivity contribution in [3.8, 4) is 0 Å². The number of guanidine groups is 1. The highest BCUT2D eigenvalue weighted by Crippen LogP contribution is 2.45. The molecule has 6 nitrogen and oxygen atoms in total. The van der Waals surface area contributed by atoms with Crippen molar-refractivity contribution in [1.82, 2.24) is 10.6 Å². The Kier molecular flexibility index (Phi) is 9.90. The number of nitrogens with one attached hydrogen (secondary N) is 3. The number of carbonyl (C=O) groups is 1. The molecule has 27 heavy (non-hydrogen) atoms. The standard InChI is InChI=1S/C20H32N4O2.HI/c1-15(2)12-20(10-5-11-20)14-23-18(21-3)22-13-16-6-8-17(9-7-16)24-19(25)26-4;/h6-9,15H,5,10-14H2,1-4H3,(H,24,25)(H2,21,22,23);1H. The number of ether oxygens (including phenoxy) is 1. The molecule has 1 aliphatic carbocycles. The maximum Gasteiger partial charge on any atom is 0.411 e. The number of hydrogen-bond acceptors (Lipinski definition) is 3. The van der Waals surface area contributed by atoms with E-state index >= 15 is 0 Å². The van der Waals surface area contributed by atoms with Gasteiger partial charge in [0.1, 0.15) is 0 Å². The van der Waals surface area contributed by atoms with E-state index in [0.29, 0.717) is 17.6 Å². The molecular formula is C20H33IN4O2. The molecule has 1 aromatic rings. The lowest BCUT2D eigenvalue weighted by atomic mass is 9.64. The van der Waals surface area contributed by atoms with Crippen molar-refractivity contribution in [2.45, 2.75) is 46.1 Å². The van der Waals surface area contributed by atoms with Gasteiger partial charge in [-0.1, -0.05) is 32.4 Å². The Balaban J connectivity index is 0.00000364. The van der Waals surface area contributed by atoms with Crippen molar-refractivity contribution in [2.75, 3.05) is 26.0 Å². The lowest BCUT2D eigenvalue weighted by Gasteiger charge is -2.43. The van der Waals surface area contributed by atoms with Crippen LogP contribution in [-0.2, 0) is 11.3 Å². The second-order valence-corrected chi connectivity index (χ2v) is 7.54. The Morgan fingerprint density at radius 3 is 2.37 bits per heavy atom. The van der Waals surface area contributed by atoms with Crippen LogP contribution in [-0.4, -0.2) is 32.8 Å². The molecule has 0 spiro atoms. The normalized spacial score (nSPS) is 15.4. The number of halogens is 1. The number of methoxy groups -OCH3 is 1. The summed E-state index contributed by atoms with van der Waals surface area (Å²) in [5, 5.41) is 9.50. The van der Waals surface area contributed by atoms with Crippen molar-refractivity contribution >= 4 is 41.7 Å². The Bertz CT molecular complexity index is 613. The molecule has 0 saturated heterocycles. The second-order valence-electron chi connectivity index (χ2n) is 7.54. The van der Waals surface area contributed by atoms with E-state index in [0.717, 1.165) is 24.0 Å². The van der Waals surface area contributed by atoms with Gasteiger partial charge in [0, 0.05) is 25.8 Å². The molecule has 1 saturated carbocycles. The third-order valence-electron chi connectivity index (χ3n) is 4.96. The molecule has 1 fully saturated rings. The summed E-state index contributed by atoms with van der Waals surface area (Å²) in [6.45, 7) is 6.25. The smallest absolute Gasteiger partial charge is 0.411 e. The maximum atomic E-state index is 11.2. The fraction of sp³-hybridized carbons (Fsp3) is 0.600. The zero-order valence-corrected chi connectivity index (χ0v) is 19.1. The van der Waals surface area contributed by atoms with Gasteiger partial charge in [0.2, 0.25) is 0 Å². The van der Waals surface area contributed by atoms with Gasteiger partial charge in [-0.25, -0.2) is 4.79 Å². The van der Waals surface area contributed by atoms with E-state index in [9.17, 15) is 4.79 Å². The molecule has 0 heterocycles. The Morgan fingerprint density at radius 1 is 1.22 bits per heavy atom. The van der Waals surface area contributed by atoms with Gasteiger partial charge in [0.05, 0.1) is 7.11 Å². The van der Waals surface area contributed by atoms with Gasteiger partial charge in [-0.3, -0.25) is 10.3 Å². The number of rotatable bonds is 7. The average molecular weight is 488 g/mol. The van der Waals surface area contributed by atoms with Crippen LogP contribution in [0.2, 0.25) is 0 Å². The van der Waals surface area contributed by atoms with Crippen LogP contribution in [0.3, 0.4) is 0 Å². The van der Waals surface area contributed by atoms with Crippen molar-refractivity contribution in [1.29, 1.82) is 0 Å². The monoisotopic (exact) mass is 488 g/mol. The second kappa shape index (κ2) is 11.4. The average Bonchev–Trinajstić information content (AvgIpc) is 2.60. The van der Waals surface area contributed by atoms with Gasteiger partial charge in [-0.05, 0) is 48.3 Å². The molecule has 1 aliphatic rings. The van der Waals surface area contributed by atoms with Crippen molar-refractivity contribution in [3.05, 3.63) is 29.8 Å². The molecule has 0 bridgehead atoms. The zero-order chi connectivity index (χ0) is 19.0. The number of aliphatic imine (C=N–C) groups is 1. The molecule has 1 amide bonds. The quantitative estimate of drug-likeness (QED) is 0.303. The summed E-state index contributed by atoms with van der Waals surface area (Å²) < 4.78 is 4.58. The van der Waals surface area contributed by atoms with E-state index in [4.69, 9.17) is 0 Å². The van der Waals surface area contributed by atoms with Gasteiger partial charge in [-0.15, -0.1) is 24.0 Å². The molecule has 0 radical (unpaired) electrons. The van der Waals surface area contributed by atoms with Gasteiger partial charge < -0.3 is 15.4 Å². The van der Waals surface area contributed by atoms with Crippen molar-refractivity contribution in [3.63, 3.8) is 0 Å². The van der Waals surface area contributed by atoms with E-state index in [1.807, 2.05) is 24.3 Å². The number of benzene rings is 1. The van der Waals surface area contributed by atoms with Crippen LogP contribution < -0.4 is 16.0 Å². The van der Waals surface area contributed by atoms with Crippen LogP contribution >= 0.6 is 24.0 Å². The molecule has 152 valence electrons. The summed E-state index contributed by atoms with van der Waals surface area (Å²) in [6.07, 6.45) is 4.76. The van der Waals surface area contributed by atoms with Crippen LogP contribution in [0.5, 0.6) is 0 Å². The van der Waals surface area contributed by atoms with E-state index in [1.165, 1.54) is 32.8 Å². The third-order valence-corrected chi connectivity index (χ3v) is 4.96. The molecule has 7 heteroatoms. The Hall–Kier alpha value is -1.51. The minimum absolute atomic E-state index is 0. The molecule has 0 unspecified atom stereocenters. The number of carbonyl (C=O) groups excluding carboxylic acids is 1. The first kappa shape index (κ1) is 23.5. The van der Waals surface area contributed by atoms with Crippen LogP contribution in [0, 0.1) is 11.3 Å². The summed E-state index contributed by atoms with van der Waals surface area (Å²) in [5.74, 6) is 1.56. The van der Waals surface area contributed by atoms with E-state index in [1.54, 1.807) is 7.05 Å². The van der Waals surface area contributed by atoms with Crippen LogP contribution in [0.25, 0.3) is 0 Å². The van der Waals surface area contributed by atoms with Gasteiger partial charge >= 0.3 is 6.09 Å². The summed E-state index contributed by atoms with van der Waals surface area (Å²) in [5.41, 5.74) is 2.26. The third kappa shape index (κ3) is 7.56. The number of hydrogen-bond donors (Lipinski definition) is 3. The minimum atomic E-state index is -0.466. The van der Waals surface area contributed by atoms with E-state index in [-0.39, 0.29) is 24.0 Å². The first-order valence-corrected chi connectivity index (χ1v) is 9.35. The Morgan fingerprint density at radius 2 is 1.89 bits per heavy atom. The molecule has 1 aromatic carbocycles. The number of anilines is 1. The van der Waals surface area contributed by atoms with Gasteiger partial charge in [-0.2, -0.15) is 0 Å². The molecule has 3 N–H and O–H groups in total.